The number of fused-ring (bicyclic) bond motifs is 18. The summed E-state index contributed by atoms with van der Waals surface area (Å²) >= 11 is 1.91. The molecule has 1 spiro atoms. The second-order valence-electron chi connectivity index (χ2n) is 22.3. The third kappa shape index (κ3) is 6.58. The summed E-state index contributed by atoms with van der Waals surface area (Å²) in [6.07, 6.45) is 2.02. The van der Waals surface area contributed by atoms with Gasteiger partial charge in [-0.3, -0.25) is 4.98 Å². The zero-order chi connectivity index (χ0) is 50.1. The average Bonchev–Trinajstić information content (AvgIpc) is 4.26. The number of anilines is 6. The topological polar surface area (TPSA) is 19.4 Å². The third-order valence-corrected chi connectivity index (χ3v) is 21.3. The molecule has 356 valence electrons. The SMILES string of the molecule is C[Si](C)(C)c1ccc(N(c2ccccc2)c2ccc3c4c(c5ccccc5c3c2)-c2c(cc3c(sc5ccccc53)c2N(c2ccccc2)c2ccc([Si](C)(C)C)cc2)C42c3ccccc3-c3cccnc32)cc1. The first-order valence-corrected chi connectivity index (χ1v) is 33.8. The van der Waals surface area contributed by atoms with Crippen LogP contribution in [0.15, 0.2) is 225 Å². The summed E-state index contributed by atoms with van der Waals surface area (Å²) in [4.78, 5) is 10.6. The van der Waals surface area contributed by atoms with Gasteiger partial charge < -0.3 is 9.80 Å². The van der Waals surface area contributed by atoms with Gasteiger partial charge in [0, 0.05) is 61.2 Å². The molecule has 0 fully saturated rings. The number of hydrogen-bond donors (Lipinski definition) is 0. The predicted octanol–water partition coefficient (Wildman–Crippen LogP) is 18.1. The van der Waals surface area contributed by atoms with E-state index < -0.39 is 21.6 Å². The summed E-state index contributed by atoms with van der Waals surface area (Å²) in [6.45, 7) is 14.6. The molecule has 2 heterocycles. The monoisotopic (exact) mass is 1000 g/mol. The van der Waals surface area contributed by atoms with Crippen LogP contribution in [0.5, 0.6) is 0 Å². The van der Waals surface area contributed by atoms with Crippen molar-refractivity contribution in [2.45, 2.75) is 44.7 Å². The van der Waals surface area contributed by atoms with Gasteiger partial charge in [0.05, 0.1) is 37.6 Å². The maximum Gasteiger partial charge on any atom is 0.0905 e. The lowest BCUT2D eigenvalue weighted by Crippen LogP contribution is -2.37. The van der Waals surface area contributed by atoms with Gasteiger partial charge in [-0.2, -0.15) is 0 Å². The summed E-state index contributed by atoms with van der Waals surface area (Å²) in [6, 6.07) is 82.6. The Bertz CT molecular complexity index is 4160. The molecule has 14 rings (SSSR count). The summed E-state index contributed by atoms with van der Waals surface area (Å²) in [5.74, 6) is 0. The minimum atomic E-state index is -1.61. The van der Waals surface area contributed by atoms with Gasteiger partial charge in [-0.05, 0) is 128 Å². The van der Waals surface area contributed by atoms with E-state index in [4.69, 9.17) is 4.98 Å². The highest BCUT2D eigenvalue weighted by molar-refractivity contribution is 7.26. The molecular formula is C68H55N3SSi2. The van der Waals surface area contributed by atoms with Gasteiger partial charge in [0.1, 0.15) is 0 Å². The van der Waals surface area contributed by atoms with Crippen LogP contribution < -0.4 is 20.2 Å². The number of aromatic nitrogens is 1. The van der Waals surface area contributed by atoms with E-state index in [1.807, 2.05) is 17.5 Å². The van der Waals surface area contributed by atoms with E-state index in [0.717, 1.165) is 34.1 Å². The lowest BCUT2D eigenvalue weighted by Gasteiger charge is -2.32. The van der Waals surface area contributed by atoms with Crippen LogP contribution in [-0.2, 0) is 5.41 Å². The minimum absolute atomic E-state index is 0.760. The highest BCUT2D eigenvalue weighted by Crippen LogP contribution is 2.68. The van der Waals surface area contributed by atoms with E-state index in [0.29, 0.717) is 0 Å². The van der Waals surface area contributed by atoms with Crippen LogP contribution >= 0.6 is 11.3 Å². The second kappa shape index (κ2) is 16.6. The van der Waals surface area contributed by atoms with Crippen LogP contribution in [0.4, 0.5) is 34.1 Å². The quantitative estimate of drug-likeness (QED) is 0.112. The molecule has 0 N–H and O–H groups in total. The molecule has 0 saturated carbocycles. The van der Waals surface area contributed by atoms with Crippen molar-refractivity contribution < 1.29 is 0 Å². The number of para-hydroxylation sites is 2. The van der Waals surface area contributed by atoms with Gasteiger partial charge in [0.2, 0.25) is 0 Å². The van der Waals surface area contributed by atoms with Crippen LogP contribution in [-0.4, -0.2) is 21.1 Å². The average molecular weight is 1000 g/mol. The minimum Gasteiger partial charge on any atom is -0.310 e. The number of pyridine rings is 1. The van der Waals surface area contributed by atoms with E-state index in [9.17, 15) is 0 Å². The molecule has 0 saturated heterocycles. The summed E-state index contributed by atoms with van der Waals surface area (Å²) in [5, 5.41) is 10.4. The maximum absolute atomic E-state index is 5.58. The van der Waals surface area contributed by atoms with Crippen LogP contribution in [0.25, 0.3) is 64.0 Å². The molecule has 12 aromatic rings. The Morgan fingerprint density at radius 1 is 0.392 bits per heavy atom. The van der Waals surface area contributed by atoms with E-state index in [2.05, 4.69) is 267 Å². The Hall–Kier alpha value is -7.88. The Morgan fingerprint density at radius 2 is 0.932 bits per heavy atom. The van der Waals surface area contributed by atoms with E-state index in [1.54, 1.807) is 0 Å². The van der Waals surface area contributed by atoms with Crippen molar-refractivity contribution >= 4 is 114 Å². The molecule has 2 aliphatic carbocycles. The molecule has 0 bridgehead atoms. The first-order chi connectivity index (χ1) is 36.0. The van der Waals surface area contributed by atoms with Crippen molar-refractivity contribution in [1.29, 1.82) is 0 Å². The van der Waals surface area contributed by atoms with Gasteiger partial charge >= 0.3 is 0 Å². The van der Waals surface area contributed by atoms with Gasteiger partial charge in [-0.25, -0.2) is 0 Å². The molecule has 1 unspecified atom stereocenters. The van der Waals surface area contributed by atoms with Gasteiger partial charge in [0.25, 0.3) is 0 Å². The van der Waals surface area contributed by atoms with Crippen molar-refractivity contribution in [2.24, 2.45) is 0 Å². The zero-order valence-electron chi connectivity index (χ0n) is 42.6. The molecule has 3 nitrogen and oxygen atoms in total. The predicted molar refractivity (Wildman–Crippen MR) is 324 cm³/mol. The molecule has 10 aromatic carbocycles. The Labute approximate surface area is 439 Å². The van der Waals surface area contributed by atoms with Crippen molar-refractivity contribution in [3.63, 3.8) is 0 Å². The Morgan fingerprint density at radius 3 is 1.61 bits per heavy atom. The largest absolute Gasteiger partial charge is 0.310 e. The molecule has 0 amide bonds. The van der Waals surface area contributed by atoms with Crippen molar-refractivity contribution in [2.75, 3.05) is 9.80 Å². The van der Waals surface area contributed by atoms with Crippen molar-refractivity contribution in [3.8, 4) is 22.3 Å². The van der Waals surface area contributed by atoms with E-state index in [-0.39, 0.29) is 0 Å². The van der Waals surface area contributed by atoms with Gasteiger partial charge in [-0.15, -0.1) is 11.3 Å². The first kappa shape index (κ1) is 44.8. The normalized spacial score (nSPS) is 14.7. The highest BCUT2D eigenvalue weighted by Gasteiger charge is 2.55. The van der Waals surface area contributed by atoms with Crippen LogP contribution in [0.3, 0.4) is 0 Å². The number of hydrogen-bond acceptors (Lipinski definition) is 4. The van der Waals surface area contributed by atoms with Gasteiger partial charge in [0.15, 0.2) is 0 Å². The summed E-state index contributed by atoms with van der Waals surface area (Å²) < 4.78 is 2.56. The molecule has 0 aliphatic heterocycles. The number of nitrogens with zero attached hydrogens (tertiary/aromatic N) is 3. The lowest BCUT2D eigenvalue weighted by molar-refractivity contribution is 0.768. The van der Waals surface area contributed by atoms with Crippen LogP contribution in [0, 0.1) is 0 Å². The Kier molecular flexibility index (Phi) is 10.0. The Balaban J connectivity index is 1.16. The molecule has 6 heteroatoms. The van der Waals surface area contributed by atoms with Crippen LogP contribution in [0.2, 0.25) is 39.3 Å². The third-order valence-electron chi connectivity index (χ3n) is 16.0. The summed E-state index contributed by atoms with van der Waals surface area (Å²) in [7, 11) is -3.14. The van der Waals surface area contributed by atoms with Crippen molar-refractivity contribution in [3.05, 3.63) is 247 Å². The number of rotatable bonds is 8. The molecular weight excluding hydrogens is 947 g/mol. The number of benzene rings is 10. The molecule has 1 atom stereocenters. The second-order valence-corrected chi connectivity index (χ2v) is 33.5. The van der Waals surface area contributed by atoms with E-state index >= 15 is 0 Å². The van der Waals surface area contributed by atoms with Crippen LogP contribution in [0.1, 0.15) is 22.4 Å². The van der Waals surface area contributed by atoms with Gasteiger partial charge in [-0.1, -0.05) is 189 Å². The summed E-state index contributed by atoms with van der Waals surface area (Å²) in [5.41, 5.74) is 16.0. The number of thiophene rings is 1. The standard InChI is InChI=1S/C68H55N3SSi2/c1-73(2,3)49-36-31-46(32-37-49)70(44-20-9-7-10-21-44)48-35-40-55-57(42-48)51-24-13-14-27-54(51)62-63-60(68(64(55)62)59-29-17-15-25-52(59)56-28-19-41-69-67(56)68)43-58-53-26-16-18-30-61(53)72-66(58)65(63)71(45-22-11-8-12-23-45)47-33-38-50(39-34-47)74(4,5)6/h7-43H,1-6H3. The smallest absolute Gasteiger partial charge is 0.0905 e. The fraction of sp³-hybridized carbons (Fsp3) is 0.103. The van der Waals surface area contributed by atoms with E-state index in [1.165, 1.54) is 96.7 Å². The molecule has 0 radical (unpaired) electrons. The molecule has 2 aromatic heterocycles. The van der Waals surface area contributed by atoms with Crippen molar-refractivity contribution in [1.82, 2.24) is 4.98 Å². The highest BCUT2D eigenvalue weighted by atomic mass is 32.1. The fourth-order valence-electron chi connectivity index (χ4n) is 12.6. The first-order valence-electron chi connectivity index (χ1n) is 25.9. The fourth-order valence-corrected chi connectivity index (χ4v) is 16.1. The molecule has 2 aliphatic rings. The maximum atomic E-state index is 5.58. The lowest BCUT2D eigenvalue weighted by atomic mass is 9.70. The molecule has 74 heavy (non-hydrogen) atoms. The zero-order valence-corrected chi connectivity index (χ0v) is 45.4.